The van der Waals surface area contributed by atoms with Crippen molar-refractivity contribution in [1.82, 2.24) is 4.90 Å². The summed E-state index contributed by atoms with van der Waals surface area (Å²) in [5.41, 5.74) is 2.27. The lowest BCUT2D eigenvalue weighted by atomic mass is 10.1. The molecule has 1 fully saturated rings. The summed E-state index contributed by atoms with van der Waals surface area (Å²) in [6.07, 6.45) is 2.49. The van der Waals surface area contributed by atoms with Gasteiger partial charge in [-0.2, -0.15) is 0 Å². The summed E-state index contributed by atoms with van der Waals surface area (Å²) in [5, 5.41) is 4.36. The van der Waals surface area contributed by atoms with Gasteiger partial charge >= 0.3 is 0 Å². The van der Waals surface area contributed by atoms with Crippen LogP contribution >= 0.6 is 11.6 Å². The second-order valence-electron chi connectivity index (χ2n) is 4.73. The summed E-state index contributed by atoms with van der Waals surface area (Å²) in [5.74, 6) is 0. The molecule has 0 radical (unpaired) electrons. The van der Waals surface area contributed by atoms with Gasteiger partial charge in [0.05, 0.1) is 10.7 Å². The lowest BCUT2D eigenvalue weighted by Gasteiger charge is -2.31. The Hall–Kier alpha value is -0.730. The Morgan fingerprint density at radius 1 is 1.44 bits per heavy atom. The minimum absolute atomic E-state index is 0.527. The van der Waals surface area contributed by atoms with Gasteiger partial charge in [-0.15, -0.1) is 0 Å². The van der Waals surface area contributed by atoms with Crippen molar-refractivity contribution in [1.29, 1.82) is 0 Å². The molecular formula is C13H19ClN2. The summed E-state index contributed by atoms with van der Waals surface area (Å²) >= 11 is 6.21. The average Bonchev–Trinajstić information content (AvgIpc) is 2.22. The number of nitrogens with one attached hydrogen (secondary N) is 1. The summed E-state index contributed by atoms with van der Waals surface area (Å²) in [7, 11) is 2.17. The maximum Gasteiger partial charge on any atom is 0.0640 e. The first kappa shape index (κ1) is 11.7. The second-order valence-corrected chi connectivity index (χ2v) is 5.14. The summed E-state index contributed by atoms with van der Waals surface area (Å²) < 4.78 is 0. The van der Waals surface area contributed by atoms with Gasteiger partial charge in [-0.3, -0.25) is 0 Å². The number of anilines is 1. The average molecular weight is 239 g/mol. The zero-order chi connectivity index (χ0) is 11.5. The molecule has 1 aromatic rings. The van der Waals surface area contributed by atoms with Crippen molar-refractivity contribution < 1.29 is 0 Å². The molecule has 2 rings (SSSR count). The molecule has 0 aliphatic carbocycles. The molecule has 3 heteroatoms. The number of aryl methyl sites for hydroxylation is 1. The maximum absolute atomic E-state index is 6.21. The Morgan fingerprint density at radius 3 is 2.94 bits per heavy atom. The van der Waals surface area contributed by atoms with Gasteiger partial charge < -0.3 is 10.2 Å². The molecule has 0 aromatic heterocycles. The molecule has 1 aliphatic rings. The molecular weight excluding hydrogens is 220 g/mol. The molecule has 1 unspecified atom stereocenters. The first-order valence-electron chi connectivity index (χ1n) is 5.86. The van der Waals surface area contributed by atoms with E-state index in [1.165, 1.54) is 24.9 Å². The number of likely N-dealkylation sites (tertiary alicyclic amines) is 1. The first-order chi connectivity index (χ1) is 7.65. The third-order valence-electron chi connectivity index (χ3n) is 3.11. The van der Waals surface area contributed by atoms with Crippen molar-refractivity contribution in [2.45, 2.75) is 25.8 Å². The molecule has 2 nitrogen and oxygen atoms in total. The van der Waals surface area contributed by atoms with E-state index in [4.69, 9.17) is 11.6 Å². The second kappa shape index (κ2) is 5.07. The molecule has 1 atom stereocenters. The van der Waals surface area contributed by atoms with Crippen molar-refractivity contribution in [3.05, 3.63) is 28.8 Å². The third-order valence-corrected chi connectivity index (χ3v) is 3.42. The van der Waals surface area contributed by atoms with Crippen molar-refractivity contribution in [2.24, 2.45) is 0 Å². The van der Waals surface area contributed by atoms with Gasteiger partial charge in [0.2, 0.25) is 0 Å². The predicted molar refractivity (Wildman–Crippen MR) is 70.3 cm³/mol. The van der Waals surface area contributed by atoms with Crippen LogP contribution in [0.3, 0.4) is 0 Å². The molecule has 0 saturated carbocycles. The fraction of sp³-hybridized carbons (Fsp3) is 0.538. The van der Waals surface area contributed by atoms with E-state index in [1.54, 1.807) is 0 Å². The van der Waals surface area contributed by atoms with Crippen molar-refractivity contribution >= 4 is 17.3 Å². The number of nitrogens with zero attached hydrogens (tertiary/aromatic N) is 1. The quantitative estimate of drug-likeness (QED) is 0.852. The van der Waals surface area contributed by atoms with E-state index < -0.39 is 0 Å². The lowest BCUT2D eigenvalue weighted by molar-refractivity contribution is 0.261. The Bertz CT molecular complexity index is 365. The van der Waals surface area contributed by atoms with E-state index in [2.05, 4.69) is 36.3 Å². The van der Waals surface area contributed by atoms with E-state index in [0.717, 1.165) is 17.3 Å². The summed E-state index contributed by atoms with van der Waals surface area (Å²) in [4.78, 5) is 2.36. The van der Waals surface area contributed by atoms with E-state index in [-0.39, 0.29) is 0 Å². The highest BCUT2D eigenvalue weighted by Gasteiger charge is 2.17. The molecule has 1 saturated heterocycles. The van der Waals surface area contributed by atoms with Crippen LogP contribution in [-0.2, 0) is 0 Å². The van der Waals surface area contributed by atoms with Crippen molar-refractivity contribution in [3.8, 4) is 0 Å². The van der Waals surface area contributed by atoms with Gasteiger partial charge in [-0.1, -0.05) is 17.7 Å². The number of piperidine rings is 1. The predicted octanol–water partition coefficient (Wildman–Crippen LogP) is 3.15. The number of hydrogen-bond donors (Lipinski definition) is 1. The highest BCUT2D eigenvalue weighted by Crippen LogP contribution is 2.24. The molecule has 0 amide bonds. The van der Waals surface area contributed by atoms with E-state index in [0.29, 0.717) is 6.04 Å². The molecule has 0 spiro atoms. The highest BCUT2D eigenvalue weighted by atomic mass is 35.5. The molecule has 16 heavy (non-hydrogen) atoms. The van der Waals surface area contributed by atoms with Gasteiger partial charge in [-0.05, 0) is 51.1 Å². The Labute approximate surface area is 103 Å². The number of hydrogen-bond acceptors (Lipinski definition) is 2. The fourth-order valence-corrected chi connectivity index (χ4v) is 2.53. The molecule has 1 N–H and O–H groups in total. The van der Waals surface area contributed by atoms with Gasteiger partial charge in [0.1, 0.15) is 0 Å². The van der Waals surface area contributed by atoms with Crippen LogP contribution in [0, 0.1) is 6.92 Å². The molecule has 0 bridgehead atoms. The zero-order valence-electron chi connectivity index (χ0n) is 9.96. The van der Waals surface area contributed by atoms with E-state index in [1.807, 2.05) is 6.07 Å². The summed E-state index contributed by atoms with van der Waals surface area (Å²) in [6.45, 7) is 4.37. The van der Waals surface area contributed by atoms with Crippen molar-refractivity contribution in [2.75, 3.05) is 25.5 Å². The maximum atomic E-state index is 6.21. The minimum Gasteiger partial charge on any atom is -0.380 e. The molecule has 1 aliphatic heterocycles. The highest BCUT2D eigenvalue weighted by molar-refractivity contribution is 6.33. The van der Waals surface area contributed by atoms with Crippen LogP contribution in [0.5, 0.6) is 0 Å². The van der Waals surface area contributed by atoms with E-state index in [9.17, 15) is 0 Å². The SMILES string of the molecule is Cc1ccc(NC2CCCN(C)C2)c(Cl)c1. The molecule has 1 heterocycles. The Balaban J connectivity index is 2.02. The van der Waals surface area contributed by atoms with Crippen LogP contribution in [0.4, 0.5) is 5.69 Å². The topological polar surface area (TPSA) is 15.3 Å². The number of likely N-dealkylation sites (N-methyl/N-ethyl adjacent to an activating group) is 1. The van der Waals surface area contributed by atoms with Crippen LogP contribution < -0.4 is 5.32 Å². The van der Waals surface area contributed by atoms with Crippen LogP contribution in [0.15, 0.2) is 18.2 Å². The first-order valence-corrected chi connectivity index (χ1v) is 6.24. The van der Waals surface area contributed by atoms with Gasteiger partial charge in [-0.25, -0.2) is 0 Å². The monoisotopic (exact) mass is 238 g/mol. The number of halogens is 1. The smallest absolute Gasteiger partial charge is 0.0640 e. The van der Waals surface area contributed by atoms with Crippen LogP contribution in [-0.4, -0.2) is 31.1 Å². The van der Waals surface area contributed by atoms with Crippen LogP contribution in [0.2, 0.25) is 5.02 Å². The lowest BCUT2D eigenvalue weighted by Crippen LogP contribution is -2.39. The Morgan fingerprint density at radius 2 is 2.25 bits per heavy atom. The number of benzene rings is 1. The molecule has 1 aromatic carbocycles. The minimum atomic E-state index is 0.527. The zero-order valence-corrected chi connectivity index (χ0v) is 10.7. The van der Waals surface area contributed by atoms with Crippen LogP contribution in [0.25, 0.3) is 0 Å². The largest absolute Gasteiger partial charge is 0.380 e. The van der Waals surface area contributed by atoms with Gasteiger partial charge in [0.15, 0.2) is 0 Å². The van der Waals surface area contributed by atoms with Crippen LogP contribution in [0.1, 0.15) is 18.4 Å². The number of rotatable bonds is 2. The molecule has 88 valence electrons. The fourth-order valence-electron chi connectivity index (χ4n) is 2.24. The van der Waals surface area contributed by atoms with E-state index >= 15 is 0 Å². The third kappa shape index (κ3) is 2.89. The van der Waals surface area contributed by atoms with Gasteiger partial charge in [0.25, 0.3) is 0 Å². The van der Waals surface area contributed by atoms with Gasteiger partial charge in [0, 0.05) is 12.6 Å². The normalized spacial score (nSPS) is 22.1. The van der Waals surface area contributed by atoms with Crippen molar-refractivity contribution in [3.63, 3.8) is 0 Å². The standard InChI is InChI=1S/C13H19ClN2/c1-10-5-6-13(12(14)8-10)15-11-4-3-7-16(2)9-11/h5-6,8,11,15H,3-4,7,9H2,1-2H3. The summed E-state index contributed by atoms with van der Waals surface area (Å²) in [6, 6.07) is 6.71. The Kier molecular flexibility index (Phi) is 3.72.